The average molecular weight is 438 g/mol. The smallest absolute Gasteiger partial charge is 0.121 e. The number of benzene rings is 5. The van der Waals surface area contributed by atoms with Crippen molar-refractivity contribution in [3.63, 3.8) is 0 Å². The van der Waals surface area contributed by atoms with Crippen molar-refractivity contribution in [2.24, 2.45) is 0 Å². The molecule has 0 bridgehead atoms. The largest absolute Gasteiger partial charge is 0.309 e. The van der Waals surface area contributed by atoms with Crippen LogP contribution in [0, 0.1) is 6.92 Å². The highest BCUT2D eigenvalue weighted by Gasteiger charge is 2.13. The summed E-state index contributed by atoms with van der Waals surface area (Å²) in [7, 11) is 0.685. The van der Waals surface area contributed by atoms with Crippen LogP contribution >= 0.6 is 0 Å². The van der Waals surface area contributed by atoms with Crippen LogP contribution in [0.3, 0.4) is 0 Å². The highest BCUT2D eigenvalue weighted by atomic mass is 28.2. The maximum Gasteiger partial charge on any atom is 0.121 e. The number of aromatic nitrogens is 1. The van der Waals surface area contributed by atoms with Gasteiger partial charge in [-0.05, 0) is 48.4 Å². The van der Waals surface area contributed by atoms with Gasteiger partial charge in [-0.1, -0.05) is 107 Å². The van der Waals surface area contributed by atoms with Gasteiger partial charge in [0, 0.05) is 16.5 Å². The molecule has 0 aliphatic rings. The summed E-state index contributed by atoms with van der Waals surface area (Å²) in [5.74, 6) is 0. The highest BCUT2D eigenvalue weighted by Crippen LogP contribution is 2.34. The number of aryl methyl sites for hydroxylation is 1. The maximum atomic E-state index is 2.37. The van der Waals surface area contributed by atoms with E-state index in [-0.39, 0.29) is 0 Å². The summed E-state index contributed by atoms with van der Waals surface area (Å²) in [4.78, 5) is 0. The molecule has 156 valence electrons. The molecule has 0 N–H and O–H groups in total. The molecule has 6 rings (SSSR count). The molecule has 0 fully saturated rings. The van der Waals surface area contributed by atoms with Crippen LogP contribution in [0.1, 0.15) is 5.56 Å². The van der Waals surface area contributed by atoms with E-state index in [0.717, 1.165) is 0 Å². The Labute approximate surface area is 196 Å². The quantitative estimate of drug-likeness (QED) is 0.281. The molecule has 0 aliphatic carbocycles. The number of fused-ring (bicyclic) bond motifs is 3. The van der Waals surface area contributed by atoms with Gasteiger partial charge in [0.15, 0.2) is 0 Å². The Hall–Kier alpha value is -3.88. The predicted molar refractivity (Wildman–Crippen MR) is 142 cm³/mol. The van der Waals surface area contributed by atoms with Crippen LogP contribution in [0.4, 0.5) is 0 Å². The number of rotatable bonds is 4. The normalized spacial score (nSPS) is 11.3. The first-order valence-electron chi connectivity index (χ1n) is 11.3. The highest BCUT2D eigenvalue weighted by molar-refractivity contribution is 6.67. The standard InChI is InChI=1S/C31H23NSi/c1-22-11-16-25(17-12-22)32-30-10-6-5-9-28(30)29-21-24(15-20-31(29)32)23-13-18-27(19-14-23)33-26-7-3-2-4-8-26/h2-21H,1H3. The Balaban J connectivity index is 1.43. The zero-order chi connectivity index (χ0) is 22.2. The van der Waals surface area contributed by atoms with E-state index in [1.807, 2.05) is 0 Å². The van der Waals surface area contributed by atoms with Gasteiger partial charge in [0.05, 0.1) is 11.0 Å². The van der Waals surface area contributed by atoms with Crippen molar-refractivity contribution in [2.45, 2.75) is 6.92 Å². The zero-order valence-corrected chi connectivity index (χ0v) is 19.5. The molecule has 2 heteroatoms. The summed E-state index contributed by atoms with van der Waals surface area (Å²) in [5.41, 5.74) is 7.47. The second kappa shape index (κ2) is 8.23. The molecule has 2 radical (unpaired) electrons. The van der Waals surface area contributed by atoms with E-state index >= 15 is 0 Å². The number of hydrogen-bond acceptors (Lipinski definition) is 0. The van der Waals surface area contributed by atoms with Crippen LogP contribution in [-0.2, 0) is 0 Å². The molecule has 1 heterocycles. The Bertz CT molecular complexity index is 1560. The lowest BCUT2D eigenvalue weighted by Gasteiger charge is -2.09. The van der Waals surface area contributed by atoms with Crippen molar-refractivity contribution in [1.29, 1.82) is 0 Å². The number of hydrogen-bond donors (Lipinski definition) is 0. The lowest BCUT2D eigenvalue weighted by molar-refractivity contribution is 1.17. The fraction of sp³-hybridized carbons (Fsp3) is 0.0323. The summed E-state index contributed by atoms with van der Waals surface area (Å²) in [6.07, 6.45) is 0. The van der Waals surface area contributed by atoms with E-state index in [4.69, 9.17) is 0 Å². The van der Waals surface area contributed by atoms with Crippen molar-refractivity contribution < 1.29 is 0 Å². The maximum absolute atomic E-state index is 2.37. The molecule has 0 spiro atoms. The summed E-state index contributed by atoms with van der Waals surface area (Å²) in [6.45, 7) is 2.13. The first-order chi connectivity index (χ1) is 16.3. The molecule has 0 amide bonds. The van der Waals surface area contributed by atoms with Crippen LogP contribution in [0.5, 0.6) is 0 Å². The van der Waals surface area contributed by atoms with Gasteiger partial charge >= 0.3 is 0 Å². The number of nitrogens with zero attached hydrogens (tertiary/aromatic N) is 1. The van der Waals surface area contributed by atoms with Crippen LogP contribution < -0.4 is 10.4 Å². The fourth-order valence-corrected chi connectivity index (χ4v) is 5.58. The summed E-state index contributed by atoms with van der Waals surface area (Å²) in [6, 6.07) is 44.1. The van der Waals surface area contributed by atoms with Gasteiger partial charge < -0.3 is 4.57 Å². The molecule has 0 aliphatic heterocycles. The van der Waals surface area contributed by atoms with Gasteiger partial charge in [-0.15, -0.1) is 0 Å². The van der Waals surface area contributed by atoms with E-state index < -0.39 is 0 Å². The lowest BCUT2D eigenvalue weighted by Crippen LogP contribution is -2.26. The van der Waals surface area contributed by atoms with Crippen molar-refractivity contribution in [1.82, 2.24) is 4.57 Å². The van der Waals surface area contributed by atoms with E-state index in [9.17, 15) is 0 Å². The third kappa shape index (κ3) is 3.69. The molecule has 0 atom stereocenters. The topological polar surface area (TPSA) is 4.93 Å². The Morgan fingerprint density at radius 3 is 1.94 bits per heavy atom. The molecule has 1 aromatic heterocycles. The van der Waals surface area contributed by atoms with Crippen LogP contribution in [-0.4, -0.2) is 14.1 Å². The Morgan fingerprint density at radius 1 is 0.515 bits per heavy atom. The van der Waals surface area contributed by atoms with Gasteiger partial charge in [-0.25, -0.2) is 0 Å². The monoisotopic (exact) mass is 437 g/mol. The molecule has 33 heavy (non-hydrogen) atoms. The summed E-state index contributed by atoms with van der Waals surface area (Å²) < 4.78 is 2.37. The van der Waals surface area contributed by atoms with E-state index in [2.05, 4.69) is 133 Å². The van der Waals surface area contributed by atoms with Crippen LogP contribution in [0.15, 0.2) is 121 Å². The first-order valence-corrected chi connectivity index (χ1v) is 12.3. The first kappa shape index (κ1) is 19.8. The minimum Gasteiger partial charge on any atom is -0.309 e. The van der Waals surface area contributed by atoms with Crippen molar-refractivity contribution >= 4 is 41.7 Å². The van der Waals surface area contributed by atoms with Crippen LogP contribution in [0.25, 0.3) is 38.6 Å². The zero-order valence-electron chi connectivity index (χ0n) is 18.5. The fourth-order valence-electron chi connectivity index (χ4n) is 4.56. The molecular formula is C31H23NSi. The molecule has 1 nitrogen and oxygen atoms in total. The minimum atomic E-state index is 0.685. The SMILES string of the molecule is Cc1ccc(-n2c3ccccc3c3cc(-c4ccc([Si]c5ccccc5)cc4)ccc32)cc1. The van der Waals surface area contributed by atoms with Crippen molar-refractivity contribution in [2.75, 3.05) is 0 Å². The minimum absolute atomic E-state index is 0.685. The Kier molecular flexibility index (Phi) is 4.93. The van der Waals surface area contributed by atoms with Crippen molar-refractivity contribution in [3.8, 4) is 16.8 Å². The van der Waals surface area contributed by atoms with E-state index in [1.54, 1.807) is 0 Å². The molecule has 6 aromatic rings. The lowest BCUT2D eigenvalue weighted by atomic mass is 10.0. The van der Waals surface area contributed by atoms with E-state index in [1.165, 1.54) is 54.6 Å². The molecule has 0 unspecified atom stereocenters. The molecule has 5 aromatic carbocycles. The summed E-state index contributed by atoms with van der Waals surface area (Å²) in [5, 5.41) is 5.31. The molecule has 0 saturated carbocycles. The van der Waals surface area contributed by atoms with Gasteiger partial charge in [0.25, 0.3) is 0 Å². The predicted octanol–water partition coefficient (Wildman–Crippen LogP) is 6.41. The summed E-state index contributed by atoms with van der Waals surface area (Å²) >= 11 is 0. The van der Waals surface area contributed by atoms with Gasteiger partial charge in [-0.3, -0.25) is 0 Å². The molecule has 0 saturated heterocycles. The third-order valence-corrected chi connectivity index (χ3v) is 7.49. The third-order valence-electron chi connectivity index (χ3n) is 6.25. The average Bonchev–Trinajstić information content (AvgIpc) is 3.19. The number of para-hydroxylation sites is 1. The van der Waals surface area contributed by atoms with Crippen LogP contribution in [0.2, 0.25) is 0 Å². The van der Waals surface area contributed by atoms with Crippen molar-refractivity contribution in [3.05, 3.63) is 127 Å². The Morgan fingerprint density at radius 2 is 1.15 bits per heavy atom. The van der Waals surface area contributed by atoms with Gasteiger partial charge in [0.1, 0.15) is 9.52 Å². The second-order valence-corrected chi connectivity index (χ2v) is 9.89. The van der Waals surface area contributed by atoms with E-state index in [0.29, 0.717) is 9.52 Å². The molecular weight excluding hydrogens is 414 g/mol. The van der Waals surface area contributed by atoms with Gasteiger partial charge in [-0.2, -0.15) is 0 Å². The van der Waals surface area contributed by atoms with Gasteiger partial charge in [0.2, 0.25) is 0 Å². The second-order valence-electron chi connectivity index (χ2n) is 8.49.